The maximum Gasteiger partial charge on any atom is 0.261 e. The molecule has 0 radical (unpaired) electrons. The smallest absolute Gasteiger partial charge is 0.261 e. The van der Waals surface area contributed by atoms with Crippen LogP contribution in [0.3, 0.4) is 0 Å². The van der Waals surface area contributed by atoms with E-state index >= 15 is 0 Å². The van der Waals surface area contributed by atoms with E-state index in [-0.39, 0.29) is 29.0 Å². The fraction of sp³-hybridized carbons (Fsp3) is 0.120. The number of nitrogens with zero attached hydrogens (tertiary/aromatic N) is 1. The lowest BCUT2D eigenvalue weighted by Gasteiger charge is -2.29. The van der Waals surface area contributed by atoms with Gasteiger partial charge in [0.25, 0.3) is 11.8 Å². The van der Waals surface area contributed by atoms with Crippen molar-refractivity contribution >= 4 is 35.1 Å². The van der Waals surface area contributed by atoms with Gasteiger partial charge >= 0.3 is 0 Å². The quantitative estimate of drug-likeness (QED) is 0.448. The predicted molar refractivity (Wildman–Crippen MR) is 122 cm³/mol. The van der Waals surface area contributed by atoms with Crippen LogP contribution < -0.4 is 9.47 Å². The number of hydrogen-bond donors (Lipinski definition) is 1. The summed E-state index contributed by atoms with van der Waals surface area (Å²) in [6.45, 7) is 0.118. The van der Waals surface area contributed by atoms with Crippen LogP contribution in [0.5, 0.6) is 17.2 Å². The molecule has 1 N–H and O–H groups in total. The topological polar surface area (TPSA) is 76.1 Å². The number of ether oxygens (including phenoxy) is 2. The van der Waals surface area contributed by atoms with E-state index in [0.29, 0.717) is 28.0 Å². The second-order valence-corrected chi connectivity index (χ2v) is 7.61. The minimum atomic E-state index is -0.423. The van der Waals surface area contributed by atoms with Crippen molar-refractivity contribution in [2.45, 2.75) is 6.54 Å². The molecule has 32 heavy (non-hydrogen) atoms. The van der Waals surface area contributed by atoms with Crippen LogP contribution in [0.15, 0.2) is 60.7 Å². The summed E-state index contributed by atoms with van der Waals surface area (Å²) in [5, 5.41) is 10.1. The molecule has 6 nitrogen and oxygen atoms in total. The molecule has 1 aliphatic rings. The molecular weight excluding hydrogens is 430 g/mol. The number of imide groups is 1. The van der Waals surface area contributed by atoms with Crippen molar-refractivity contribution < 1.29 is 24.2 Å². The average Bonchev–Trinajstić information content (AvgIpc) is 2.82. The van der Waals surface area contributed by atoms with Gasteiger partial charge in [-0.25, -0.2) is 0 Å². The summed E-state index contributed by atoms with van der Waals surface area (Å²) in [7, 11) is 2.99. The molecule has 0 saturated heterocycles. The number of phenolic OH excluding ortho intramolecular Hbond substituents is 1. The first-order valence-corrected chi connectivity index (χ1v) is 10.2. The highest BCUT2D eigenvalue weighted by molar-refractivity contribution is 6.34. The number of carbonyl (C=O) groups is 2. The first kappa shape index (κ1) is 21.5. The van der Waals surface area contributed by atoms with Gasteiger partial charge in [0.2, 0.25) is 0 Å². The summed E-state index contributed by atoms with van der Waals surface area (Å²) in [5.74, 6) is -0.0863. The van der Waals surface area contributed by atoms with Gasteiger partial charge in [0, 0.05) is 11.1 Å². The zero-order valence-electron chi connectivity index (χ0n) is 17.5. The molecule has 0 aliphatic carbocycles. The SMILES string of the molecule is COc1ccc(CN2C(=O)/C(=C/c3cc(Cl)c(O)c(OC)c3)c3ccccc3C2=O)cc1. The van der Waals surface area contributed by atoms with Crippen molar-refractivity contribution in [2.75, 3.05) is 14.2 Å². The molecule has 0 spiro atoms. The molecule has 3 aromatic rings. The summed E-state index contributed by atoms with van der Waals surface area (Å²) in [4.78, 5) is 27.8. The van der Waals surface area contributed by atoms with Crippen molar-refractivity contribution in [1.82, 2.24) is 4.90 Å². The lowest BCUT2D eigenvalue weighted by atomic mass is 9.91. The molecule has 4 rings (SSSR count). The molecule has 2 amide bonds. The maximum absolute atomic E-state index is 13.4. The molecule has 0 bridgehead atoms. The molecule has 1 aliphatic heterocycles. The number of benzene rings is 3. The molecule has 1 heterocycles. The monoisotopic (exact) mass is 449 g/mol. The van der Waals surface area contributed by atoms with Gasteiger partial charge in [-0.15, -0.1) is 0 Å². The minimum Gasteiger partial charge on any atom is -0.503 e. The lowest BCUT2D eigenvalue weighted by molar-refractivity contribution is -0.123. The van der Waals surface area contributed by atoms with Crippen LogP contribution in [0, 0.1) is 0 Å². The van der Waals surface area contributed by atoms with Gasteiger partial charge in [0.05, 0.1) is 25.8 Å². The van der Waals surface area contributed by atoms with Crippen LogP contribution in [0.4, 0.5) is 0 Å². The van der Waals surface area contributed by atoms with Crippen molar-refractivity contribution in [3.05, 3.63) is 87.9 Å². The fourth-order valence-electron chi connectivity index (χ4n) is 3.60. The molecule has 0 atom stereocenters. The second kappa shape index (κ2) is 8.77. The summed E-state index contributed by atoms with van der Waals surface area (Å²) in [5.41, 5.74) is 2.67. The zero-order chi connectivity index (χ0) is 22.8. The highest BCUT2D eigenvalue weighted by Gasteiger charge is 2.34. The largest absolute Gasteiger partial charge is 0.503 e. The molecule has 0 saturated carbocycles. The highest BCUT2D eigenvalue weighted by Crippen LogP contribution is 2.37. The Labute approximate surface area is 190 Å². The van der Waals surface area contributed by atoms with Gasteiger partial charge in [-0.05, 0) is 53.1 Å². The van der Waals surface area contributed by atoms with E-state index in [1.165, 1.54) is 18.1 Å². The van der Waals surface area contributed by atoms with Crippen molar-refractivity contribution in [2.24, 2.45) is 0 Å². The van der Waals surface area contributed by atoms with Crippen LogP contribution in [0.1, 0.15) is 27.0 Å². The number of halogens is 1. The summed E-state index contributed by atoms with van der Waals surface area (Å²) >= 11 is 6.12. The summed E-state index contributed by atoms with van der Waals surface area (Å²) in [6.07, 6.45) is 1.64. The summed E-state index contributed by atoms with van der Waals surface area (Å²) < 4.78 is 10.3. The summed E-state index contributed by atoms with van der Waals surface area (Å²) in [6, 6.07) is 17.3. The molecule has 162 valence electrons. The van der Waals surface area contributed by atoms with E-state index in [1.54, 1.807) is 55.7 Å². The maximum atomic E-state index is 13.4. The minimum absolute atomic E-state index is 0.0962. The van der Waals surface area contributed by atoms with Gasteiger partial charge in [-0.1, -0.05) is 41.9 Å². The van der Waals surface area contributed by atoms with E-state index in [1.807, 2.05) is 12.1 Å². The van der Waals surface area contributed by atoms with E-state index < -0.39 is 5.91 Å². The van der Waals surface area contributed by atoms with Crippen LogP contribution in [0.2, 0.25) is 5.02 Å². The van der Waals surface area contributed by atoms with Crippen molar-refractivity contribution in [3.63, 3.8) is 0 Å². The third-order valence-corrected chi connectivity index (χ3v) is 5.54. The third-order valence-electron chi connectivity index (χ3n) is 5.25. The molecular formula is C25H20ClNO5. The van der Waals surface area contributed by atoms with Gasteiger partial charge < -0.3 is 14.6 Å². The van der Waals surface area contributed by atoms with Gasteiger partial charge in [0.1, 0.15) is 5.75 Å². The van der Waals surface area contributed by atoms with Gasteiger partial charge in [-0.3, -0.25) is 14.5 Å². The number of carbonyl (C=O) groups excluding carboxylic acids is 2. The Balaban J connectivity index is 1.79. The Kier molecular flexibility index (Phi) is 5.88. The number of phenols is 1. The Morgan fingerprint density at radius 1 is 0.938 bits per heavy atom. The third kappa shape index (κ3) is 3.92. The number of aromatic hydroxyl groups is 1. The average molecular weight is 450 g/mol. The fourth-order valence-corrected chi connectivity index (χ4v) is 3.82. The first-order chi connectivity index (χ1) is 15.4. The number of methoxy groups -OCH3 is 2. The van der Waals surface area contributed by atoms with Crippen LogP contribution in [-0.4, -0.2) is 36.0 Å². The number of amides is 2. The first-order valence-electron chi connectivity index (χ1n) is 9.79. The number of rotatable bonds is 5. The zero-order valence-corrected chi connectivity index (χ0v) is 18.2. The Morgan fingerprint density at radius 3 is 2.28 bits per heavy atom. The standard InChI is InChI=1S/C25H20ClNO5/c1-31-17-9-7-15(8-10-17)14-27-24(29)19-6-4-3-5-18(19)20(25(27)30)11-16-12-21(26)23(28)22(13-16)32-2/h3-13,28H,14H2,1-2H3/b20-11+. The van der Waals surface area contributed by atoms with Crippen LogP contribution in [0.25, 0.3) is 11.6 Å². The van der Waals surface area contributed by atoms with Crippen LogP contribution >= 0.6 is 11.6 Å². The Hall–Kier alpha value is -3.77. The van der Waals surface area contributed by atoms with Crippen molar-refractivity contribution in [3.8, 4) is 17.2 Å². The predicted octanol–water partition coefficient (Wildman–Crippen LogP) is 4.79. The van der Waals surface area contributed by atoms with E-state index in [2.05, 4.69) is 0 Å². The second-order valence-electron chi connectivity index (χ2n) is 7.20. The van der Waals surface area contributed by atoms with E-state index in [0.717, 1.165) is 5.56 Å². The van der Waals surface area contributed by atoms with Gasteiger partial charge in [0.15, 0.2) is 11.5 Å². The molecule has 0 aromatic heterocycles. The van der Waals surface area contributed by atoms with Crippen molar-refractivity contribution in [1.29, 1.82) is 0 Å². The number of hydrogen-bond acceptors (Lipinski definition) is 5. The van der Waals surface area contributed by atoms with Gasteiger partial charge in [-0.2, -0.15) is 0 Å². The number of fused-ring (bicyclic) bond motifs is 1. The molecule has 3 aromatic carbocycles. The Morgan fingerprint density at radius 2 is 1.62 bits per heavy atom. The normalized spacial score (nSPS) is 14.5. The van der Waals surface area contributed by atoms with E-state index in [9.17, 15) is 14.7 Å². The van der Waals surface area contributed by atoms with Crippen LogP contribution in [-0.2, 0) is 11.3 Å². The highest BCUT2D eigenvalue weighted by atomic mass is 35.5. The molecule has 7 heteroatoms. The Bertz CT molecular complexity index is 1230. The molecule has 0 fully saturated rings. The molecule has 0 unspecified atom stereocenters. The van der Waals surface area contributed by atoms with E-state index in [4.69, 9.17) is 21.1 Å². The lowest BCUT2D eigenvalue weighted by Crippen LogP contribution is -2.41.